The summed E-state index contributed by atoms with van der Waals surface area (Å²) in [5, 5.41) is 0. The number of alkyl halides is 1. The van der Waals surface area contributed by atoms with E-state index < -0.39 is 9.84 Å². The first-order chi connectivity index (χ1) is 9.81. The van der Waals surface area contributed by atoms with Gasteiger partial charge in [-0.05, 0) is 28.4 Å². The van der Waals surface area contributed by atoms with Crippen molar-refractivity contribution in [2.75, 3.05) is 17.9 Å². The maximum atomic E-state index is 13.6. The Hall–Kier alpha value is -0.660. The lowest BCUT2D eigenvalue weighted by molar-refractivity contribution is 0.590. The van der Waals surface area contributed by atoms with Crippen LogP contribution in [-0.2, 0) is 22.8 Å². The molecular weight excluding hydrogens is 383 g/mol. The van der Waals surface area contributed by atoms with Gasteiger partial charge >= 0.3 is 0 Å². The molecule has 0 radical (unpaired) electrons. The van der Waals surface area contributed by atoms with Gasteiger partial charge in [-0.15, -0.1) is 11.6 Å². The number of sulfone groups is 1. The Balaban J connectivity index is 2.38. The number of nitrogens with zero attached hydrogens (tertiary/aromatic N) is 2. The van der Waals surface area contributed by atoms with Crippen molar-refractivity contribution in [1.29, 1.82) is 0 Å². The molecule has 0 saturated carbocycles. The number of rotatable bonds is 6. The minimum Gasteiger partial charge on any atom is -0.328 e. The number of aryl methyl sites for hydroxylation is 2. The summed E-state index contributed by atoms with van der Waals surface area (Å²) in [5.41, 5.74) is 1.33. The smallest absolute Gasteiger partial charge is 0.147 e. The molecule has 1 aromatic carbocycles. The van der Waals surface area contributed by atoms with Crippen LogP contribution in [0.5, 0.6) is 0 Å². The lowest BCUT2D eigenvalue weighted by Crippen LogP contribution is -2.10. The van der Waals surface area contributed by atoms with Gasteiger partial charge in [0.15, 0.2) is 0 Å². The van der Waals surface area contributed by atoms with Gasteiger partial charge in [-0.1, -0.05) is 0 Å². The van der Waals surface area contributed by atoms with E-state index in [1.54, 1.807) is 6.07 Å². The van der Waals surface area contributed by atoms with Crippen LogP contribution in [0, 0.1) is 5.82 Å². The zero-order valence-electron chi connectivity index (χ0n) is 11.4. The van der Waals surface area contributed by atoms with Crippen molar-refractivity contribution in [2.24, 2.45) is 0 Å². The summed E-state index contributed by atoms with van der Waals surface area (Å²) < 4.78 is 38.3. The van der Waals surface area contributed by atoms with Gasteiger partial charge in [0, 0.05) is 31.2 Å². The van der Waals surface area contributed by atoms with E-state index in [1.807, 2.05) is 4.57 Å². The van der Waals surface area contributed by atoms with E-state index >= 15 is 0 Å². The monoisotopic (exact) mass is 396 g/mol. The predicted molar refractivity (Wildman–Crippen MR) is 86.1 cm³/mol. The van der Waals surface area contributed by atoms with Gasteiger partial charge in [0.1, 0.15) is 21.5 Å². The summed E-state index contributed by atoms with van der Waals surface area (Å²) in [5.74, 6) is 0.876. The Morgan fingerprint density at radius 2 is 2.14 bits per heavy atom. The highest BCUT2D eigenvalue weighted by Crippen LogP contribution is 2.25. The van der Waals surface area contributed by atoms with Crippen LogP contribution < -0.4 is 0 Å². The summed E-state index contributed by atoms with van der Waals surface area (Å²) >= 11 is 8.93. The van der Waals surface area contributed by atoms with Crippen LogP contribution in [0.15, 0.2) is 16.6 Å². The Labute approximate surface area is 136 Å². The molecule has 0 aliphatic rings. The third-order valence-electron chi connectivity index (χ3n) is 3.08. The molecule has 0 N–H and O–H groups in total. The Morgan fingerprint density at radius 3 is 2.76 bits per heavy atom. The molecule has 0 fully saturated rings. The molecule has 2 aromatic rings. The van der Waals surface area contributed by atoms with E-state index in [1.165, 1.54) is 12.3 Å². The molecule has 2 rings (SSSR count). The average Bonchev–Trinajstić information content (AvgIpc) is 2.67. The van der Waals surface area contributed by atoms with Crippen molar-refractivity contribution in [1.82, 2.24) is 9.55 Å². The van der Waals surface area contributed by atoms with Gasteiger partial charge in [-0.3, -0.25) is 0 Å². The molecule has 0 unspecified atom stereocenters. The fourth-order valence-corrected chi connectivity index (χ4v) is 3.33. The van der Waals surface area contributed by atoms with E-state index in [2.05, 4.69) is 20.9 Å². The van der Waals surface area contributed by atoms with Crippen LogP contribution in [0.25, 0.3) is 11.0 Å². The highest BCUT2D eigenvalue weighted by Gasteiger charge is 2.14. The standard InChI is InChI=1S/C13H15BrClFN2O2S/c1-21(19,20)6-2-5-18-12-7-9(14)10(16)8-11(12)17-13(18)3-4-15/h7-8H,2-6H2,1H3. The Kier molecular flexibility index (Phi) is 5.27. The summed E-state index contributed by atoms with van der Waals surface area (Å²) in [7, 11) is -3.00. The molecular formula is C13H15BrClFN2O2S. The van der Waals surface area contributed by atoms with Crippen molar-refractivity contribution in [3.05, 3.63) is 28.2 Å². The largest absolute Gasteiger partial charge is 0.328 e. The Bertz CT molecular complexity index is 761. The first kappa shape index (κ1) is 16.7. The molecule has 0 saturated heterocycles. The van der Waals surface area contributed by atoms with E-state index in [4.69, 9.17) is 11.6 Å². The second kappa shape index (κ2) is 6.62. The molecule has 0 amide bonds. The lowest BCUT2D eigenvalue weighted by atomic mass is 10.3. The number of hydrogen-bond acceptors (Lipinski definition) is 3. The number of halogens is 3. The second-order valence-electron chi connectivity index (χ2n) is 4.86. The van der Waals surface area contributed by atoms with E-state index in [0.717, 1.165) is 11.3 Å². The van der Waals surface area contributed by atoms with E-state index in [0.29, 0.717) is 35.3 Å². The summed E-state index contributed by atoms with van der Waals surface area (Å²) in [6.45, 7) is 0.508. The quantitative estimate of drug-likeness (QED) is 0.704. The fourth-order valence-electron chi connectivity index (χ4n) is 2.18. The van der Waals surface area contributed by atoms with Crippen LogP contribution in [0.3, 0.4) is 0 Å². The zero-order valence-corrected chi connectivity index (χ0v) is 14.6. The van der Waals surface area contributed by atoms with Crippen molar-refractivity contribution in [2.45, 2.75) is 19.4 Å². The van der Waals surface area contributed by atoms with Gasteiger partial charge in [0.2, 0.25) is 0 Å². The Morgan fingerprint density at radius 1 is 1.43 bits per heavy atom. The molecule has 0 spiro atoms. The normalized spacial score (nSPS) is 12.2. The summed E-state index contributed by atoms with van der Waals surface area (Å²) in [4.78, 5) is 4.39. The number of aromatic nitrogens is 2. The van der Waals surface area contributed by atoms with Gasteiger partial charge in [0.25, 0.3) is 0 Å². The molecule has 0 atom stereocenters. The predicted octanol–water partition coefficient (Wildman–Crippen LogP) is 3.15. The van der Waals surface area contributed by atoms with E-state index in [-0.39, 0.29) is 11.6 Å². The topological polar surface area (TPSA) is 52.0 Å². The number of hydrogen-bond donors (Lipinski definition) is 0. The lowest BCUT2D eigenvalue weighted by Gasteiger charge is -2.08. The average molecular weight is 398 g/mol. The SMILES string of the molecule is CS(=O)(=O)CCCn1c(CCCl)nc2cc(F)c(Br)cc21. The highest BCUT2D eigenvalue weighted by molar-refractivity contribution is 9.10. The molecule has 1 aromatic heterocycles. The molecule has 0 aliphatic heterocycles. The van der Waals surface area contributed by atoms with Crippen molar-refractivity contribution >= 4 is 48.4 Å². The van der Waals surface area contributed by atoms with Crippen LogP contribution >= 0.6 is 27.5 Å². The molecule has 1 heterocycles. The van der Waals surface area contributed by atoms with Crippen LogP contribution in [-0.4, -0.2) is 35.9 Å². The van der Waals surface area contributed by atoms with Gasteiger partial charge in [-0.2, -0.15) is 0 Å². The summed E-state index contributed by atoms with van der Waals surface area (Å²) in [6, 6.07) is 3.03. The molecule has 0 bridgehead atoms. The third-order valence-corrected chi connectivity index (χ3v) is 4.91. The minimum atomic E-state index is -3.00. The molecule has 8 heteroatoms. The fraction of sp³-hybridized carbons (Fsp3) is 0.462. The number of imidazole rings is 1. The van der Waals surface area contributed by atoms with Crippen molar-refractivity contribution in [3.63, 3.8) is 0 Å². The highest BCUT2D eigenvalue weighted by atomic mass is 79.9. The first-order valence-electron chi connectivity index (χ1n) is 6.39. The maximum absolute atomic E-state index is 13.6. The van der Waals surface area contributed by atoms with Crippen molar-refractivity contribution in [3.8, 4) is 0 Å². The number of benzene rings is 1. The molecule has 0 aliphatic carbocycles. The third kappa shape index (κ3) is 4.17. The van der Waals surface area contributed by atoms with Crippen molar-refractivity contribution < 1.29 is 12.8 Å². The summed E-state index contributed by atoms with van der Waals surface area (Å²) in [6.07, 6.45) is 2.24. The van der Waals surface area contributed by atoms with Gasteiger partial charge in [0.05, 0.1) is 21.3 Å². The molecule has 116 valence electrons. The second-order valence-corrected chi connectivity index (χ2v) is 8.35. The zero-order chi connectivity index (χ0) is 15.6. The maximum Gasteiger partial charge on any atom is 0.147 e. The first-order valence-corrected chi connectivity index (χ1v) is 9.78. The van der Waals surface area contributed by atoms with Gasteiger partial charge in [-0.25, -0.2) is 17.8 Å². The van der Waals surface area contributed by atoms with Gasteiger partial charge < -0.3 is 4.57 Å². The molecule has 4 nitrogen and oxygen atoms in total. The number of fused-ring (bicyclic) bond motifs is 1. The minimum absolute atomic E-state index is 0.107. The van der Waals surface area contributed by atoms with Crippen LogP contribution in [0.1, 0.15) is 12.2 Å². The van der Waals surface area contributed by atoms with E-state index in [9.17, 15) is 12.8 Å². The van der Waals surface area contributed by atoms with Crippen LogP contribution in [0.4, 0.5) is 4.39 Å². The molecule has 21 heavy (non-hydrogen) atoms. The van der Waals surface area contributed by atoms with Crippen LogP contribution in [0.2, 0.25) is 0 Å².